The monoisotopic (exact) mass is 313 g/mol. The van der Waals surface area contributed by atoms with Crippen LogP contribution in [-0.4, -0.2) is 11.1 Å². The molecule has 1 aromatic heterocycles. The summed E-state index contributed by atoms with van der Waals surface area (Å²) in [4.78, 5) is 3.96. The Morgan fingerprint density at radius 1 is 1.14 bits per heavy atom. The van der Waals surface area contributed by atoms with Gasteiger partial charge in [0.15, 0.2) is 0 Å². The number of halogens is 4. The molecule has 0 atom stereocenters. The lowest BCUT2D eigenvalue weighted by Gasteiger charge is -2.10. The van der Waals surface area contributed by atoms with Gasteiger partial charge < -0.3 is 4.74 Å². The summed E-state index contributed by atoms with van der Waals surface area (Å²) in [6.45, 7) is 0. The minimum absolute atomic E-state index is 0.177. The highest BCUT2D eigenvalue weighted by Crippen LogP contribution is 2.34. The summed E-state index contributed by atoms with van der Waals surface area (Å²) in [6.07, 6.45) is -2.21. The summed E-state index contributed by atoms with van der Waals surface area (Å²) in [5.74, 6) is 0.630. The van der Waals surface area contributed by atoms with Crippen LogP contribution in [0.15, 0.2) is 36.4 Å². The van der Waals surface area contributed by atoms with Crippen molar-refractivity contribution in [3.63, 3.8) is 0 Å². The van der Waals surface area contributed by atoms with Gasteiger partial charge in [0.25, 0.3) is 0 Å². The minimum atomic E-state index is -4.45. The van der Waals surface area contributed by atoms with Crippen LogP contribution in [0.25, 0.3) is 11.3 Å². The van der Waals surface area contributed by atoms with Gasteiger partial charge in [-0.1, -0.05) is 23.7 Å². The van der Waals surface area contributed by atoms with Gasteiger partial charge in [0.05, 0.1) is 17.4 Å². The van der Waals surface area contributed by atoms with E-state index in [1.807, 2.05) is 0 Å². The molecule has 1 aromatic carbocycles. The maximum absolute atomic E-state index is 12.8. The molecule has 0 N–H and O–H groups in total. The first-order valence-corrected chi connectivity index (χ1v) is 6.81. The van der Waals surface area contributed by atoms with Crippen molar-refractivity contribution < 1.29 is 17.9 Å². The van der Waals surface area contributed by atoms with Crippen LogP contribution >= 0.6 is 11.6 Å². The SMILES string of the molecule is FC(F)(F)c1cc(Cl)nc(-c2cccc(OC3CC3)c2)c1. The summed E-state index contributed by atoms with van der Waals surface area (Å²) >= 11 is 5.70. The van der Waals surface area contributed by atoms with E-state index < -0.39 is 11.7 Å². The fourth-order valence-electron chi connectivity index (χ4n) is 1.92. The second-order valence-corrected chi connectivity index (χ2v) is 5.29. The zero-order chi connectivity index (χ0) is 15.0. The van der Waals surface area contributed by atoms with Gasteiger partial charge in [-0.3, -0.25) is 0 Å². The van der Waals surface area contributed by atoms with E-state index in [1.54, 1.807) is 24.3 Å². The van der Waals surface area contributed by atoms with Crippen LogP contribution in [0.1, 0.15) is 18.4 Å². The summed E-state index contributed by atoms with van der Waals surface area (Å²) in [7, 11) is 0. The van der Waals surface area contributed by atoms with Crippen LogP contribution in [0.2, 0.25) is 5.15 Å². The van der Waals surface area contributed by atoms with E-state index >= 15 is 0 Å². The third kappa shape index (κ3) is 3.47. The molecule has 0 amide bonds. The Morgan fingerprint density at radius 3 is 2.57 bits per heavy atom. The largest absolute Gasteiger partial charge is 0.490 e. The highest BCUT2D eigenvalue weighted by molar-refractivity contribution is 6.29. The fraction of sp³-hybridized carbons (Fsp3) is 0.267. The number of rotatable bonds is 3. The Balaban J connectivity index is 1.97. The minimum Gasteiger partial charge on any atom is -0.490 e. The summed E-state index contributed by atoms with van der Waals surface area (Å²) in [6, 6.07) is 8.66. The first-order chi connectivity index (χ1) is 9.91. The van der Waals surface area contributed by atoms with Crippen LogP contribution in [0.4, 0.5) is 13.2 Å². The van der Waals surface area contributed by atoms with Gasteiger partial charge in [0.1, 0.15) is 10.9 Å². The Kier molecular flexibility index (Phi) is 3.53. The molecule has 0 unspecified atom stereocenters. The number of alkyl halides is 3. The van der Waals surface area contributed by atoms with E-state index in [9.17, 15) is 13.2 Å². The van der Waals surface area contributed by atoms with E-state index in [1.165, 1.54) is 0 Å². The molecule has 1 saturated carbocycles. The van der Waals surface area contributed by atoms with E-state index in [4.69, 9.17) is 16.3 Å². The molecular formula is C15H11ClF3NO. The summed E-state index contributed by atoms with van der Waals surface area (Å²) < 4.78 is 44.1. The average molecular weight is 314 g/mol. The third-order valence-corrected chi connectivity index (χ3v) is 3.27. The van der Waals surface area contributed by atoms with Crippen molar-refractivity contribution in [3.05, 3.63) is 47.1 Å². The molecule has 0 aliphatic heterocycles. The predicted octanol–water partition coefficient (Wildman–Crippen LogP) is 4.96. The molecule has 21 heavy (non-hydrogen) atoms. The number of benzene rings is 1. The second kappa shape index (κ2) is 5.22. The van der Waals surface area contributed by atoms with Crippen LogP contribution in [0.3, 0.4) is 0 Å². The molecule has 2 nitrogen and oxygen atoms in total. The van der Waals surface area contributed by atoms with Gasteiger partial charge in [-0.15, -0.1) is 0 Å². The van der Waals surface area contributed by atoms with Crippen LogP contribution in [-0.2, 0) is 6.18 Å². The van der Waals surface area contributed by atoms with Crippen molar-refractivity contribution in [1.29, 1.82) is 0 Å². The number of aromatic nitrogens is 1. The Morgan fingerprint density at radius 2 is 1.90 bits per heavy atom. The van der Waals surface area contributed by atoms with Gasteiger partial charge in [-0.2, -0.15) is 13.2 Å². The number of ether oxygens (including phenoxy) is 1. The quantitative estimate of drug-likeness (QED) is 0.747. The van der Waals surface area contributed by atoms with E-state index in [0.29, 0.717) is 11.3 Å². The van der Waals surface area contributed by atoms with Crippen molar-refractivity contribution in [2.45, 2.75) is 25.1 Å². The predicted molar refractivity (Wildman–Crippen MR) is 73.3 cm³/mol. The number of hydrogen-bond acceptors (Lipinski definition) is 2. The Hall–Kier alpha value is -1.75. The van der Waals surface area contributed by atoms with Crippen molar-refractivity contribution in [3.8, 4) is 17.0 Å². The molecule has 1 aliphatic carbocycles. The first kappa shape index (κ1) is 14.2. The standard InChI is InChI=1S/C15H11ClF3NO/c16-14-8-10(15(17,18)19)7-13(20-14)9-2-1-3-12(6-9)21-11-4-5-11/h1-3,6-8,11H,4-5H2. The normalized spacial score (nSPS) is 15.0. The van der Waals surface area contributed by atoms with Crippen LogP contribution in [0.5, 0.6) is 5.75 Å². The molecule has 1 aliphatic rings. The number of pyridine rings is 1. The van der Waals surface area contributed by atoms with Gasteiger partial charge in [-0.25, -0.2) is 4.98 Å². The average Bonchev–Trinajstić information content (AvgIpc) is 3.21. The molecule has 1 heterocycles. The molecule has 110 valence electrons. The Bertz CT molecular complexity index is 668. The summed E-state index contributed by atoms with van der Waals surface area (Å²) in [5.41, 5.74) is -0.0942. The lowest BCUT2D eigenvalue weighted by atomic mass is 10.1. The van der Waals surface area contributed by atoms with E-state index in [0.717, 1.165) is 25.0 Å². The third-order valence-electron chi connectivity index (χ3n) is 3.08. The van der Waals surface area contributed by atoms with Crippen LogP contribution in [0, 0.1) is 0 Å². The van der Waals surface area contributed by atoms with Crippen molar-refractivity contribution in [2.75, 3.05) is 0 Å². The Labute approximate surface area is 124 Å². The first-order valence-electron chi connectivity index (χ1n) is 6.44. The maximum Gasteiger partial charge on any atom is 0.416 e. The van der Waals surface area contributed by atoms with Crippen molar-refractivity contribution in [2.24, 2.45) is 0 Å². The molecule has 0 spiro atoms. The van der Waals surface area contributed by atoms with Gasteiger partial charge in [0.2, 0.25) is 0 Å². The lowest BCUT2D eigenvalue weighted by Crippen LogP contribution is -2.06. The van der Waals surface area contributed by atoms with Gasteiger partial charge in [0, 0.05) is 5.56 Å². The molecule has 0 bridgehead atoms. The molecule has 1 fully saturated rings. The molecule has 6 heteroatoms. The molecule has 0 saturated heterocycles. The highest BCUT2D eigenvalue weighted by atomic mass is 35.5. The molecular weight excluding hydrogens is 303 g/mol. The second-order valence-electron chi connectivity index (χ2n) is 4.91. The topological polar surface area (TPSA) is 22.1 Å². The summed E-state index contributed by atoms with van der Waals surface area (Å²) in [5, 5.41) is -0.187. The smallest absolute Gasteiger partial charge is 0.416 e. The number of hydrogen-bond donors (Lipinski definition) is 0. The molecule has 3 rings (SSSR count). The molecule has 2 aromatic rings. The number of nitrogens with zero attached hydrogens (tertiary/aromatic N) is 1. The van der Waals surface area contributed by atoms with Crippen molar-refractivity contribution in [1.82, 2.24) is 4.98 Å². The van der Waals surface area contributed by atoms with E-state index in [-0.39, 0.29) is 17.0 Å². The van der Waals surface area contributed by atoms with Crippen molar-refractivity contribution >= 4 is 11.6 Å². The fourth-order valence-corrected chi connectivity index (χ4v) is 2.12. The van der Waals surface area contributed by atoms with Gasteiger partial charge in [-0.05, 0) is 37.1 Å². The maximum atomic E-state index is 12.8. The zero-order valence-electron chi connectivity index (χ0n) is 10.8. The van der Waals surface area contributed by atoms with Crippen LogP contribution < -0.4 is 4.74 Å². The lowest BCUT2D eigenvalue weighted by molar-refractivity contribution is -0.137. The van der Waals surface area contributed by atoms with E-state index in [2.05, 4.69) is 4.98 Å². The van der Waals surface area contributed by atoms with Gasteiger partial charge >= 0.3 is 6.18 Å². The highest BCUT2D eigenvalue weighted by Gasteiger charge is 2.31. The zero-order valence-corrected chi connectivity index (χ0v) is 11.6. The molecule has 0 radical (unpaired) electrons.